The Balaban J connectivity index is 1.22. The summed E-state index contributed by atoms with van der Waals surface area (Å²) in [5.74, 6) is 0.837. The van der Waals surface area contributed by atoms with Gasteiger partial charge >= 0.3 is 5.69 Å². The number of halogens is 2. The van der Waals surface area contributed by atoms with Crippen molar-refractivity contribution in [2.45, 2.75) is 76.4 Å². The van der Waals surface area contributed by atoms with Crippen LogP contribution in [0.4, 0.5) is 4.39 Å². The molecule has 0 spiro atoms. The van der Waals surface area contributed by atoms with Gasteiger partial charge in [-0.15, -0.1) is 0 Å². The molecule has 2 aromatic heterocycles. The van der Waals surface area contributed by atoms with Crippen LogP contribution in [-0.4, -0.2) is 38.5 Å². The molecular weight excluding hydrogens is 565 g/mol. The fourth-order valence-corrected chi connectivity index (χ4v) is 6.83. The Morgan fingerprint density at radius 3 is 2.79 bits per heavy atom. The number of nitrogens with two attached hydrogens (primary N) is 2. The number of aryl methyl sites for hydroxylation is 1. The van der Waals surface area contributed by atoms with E-state index in [-0.39, 0.29) is 22.6 Å². The van der Waals surface area contributed by atoms with Crippen LogP contribution in [0.25, 0.3) is 28.0 Å². The molecule has 0 amide bonds. The summed E-state index contributed by atoms with van der Waals surface area (Å²) in [4.78, 5) is 24.8. The molecule has 3 heterocycles. The van der Waals surface area contributed by atoms with Crippen LogP contribution in [-0.2, 0) is 6.42 Å². The fourth-order valence-electron chi connectivity index (χ4n) is 6.59. The molecule has 0 bridgehead atoms. The van der Waals surface area contributed by atoms with Crippen LogP contribution < -0.4 is 22.5 Å². The van der Waals surface area contributed by atoms with Crippen molar-refractivity contribution in [3.8, 4) is 16.9 Å². The highest BCUT2D eigenvalue weighted by molar-refractivity contribution is 6.31. The predicted octanol–water partition coefficient (Wildman–Crippen LogP) is 5.79. The molecule has 4 aromatic rings. The fraction of sp³-hybridized carbons (Fsp3) is 0.424. The zero-order valence-corrected chi connectivity index (χ0v) is 25.4. The SMILES string of the molecule is CC(N)=NCCC12CC1CC[C@H](c1ccc(-n3cc4cc(-c5cc(CCC[C@H](C)N)cc(Cl)c5F)[nH]c4nc3=O)cc1)N2. The third-order valence-corrected chi connectivity index (χ3v) is 9.28. The Kier molecular flexibility index (Phi) is 8.15. The number of aromatic nitrogens is 3. The van der Waals surface area contributed by atoms with Gasteiger partial charge in [0, 0.05) is 41.3 Å². The smallest absolute Gasteiger partial charge is 0.354 e. The van der Waals surface area contributed by atoms with Gasteiger partial charge in [-0.05, 0) is 106 Å². The molecule has 1 aliphatic heterocycles. The lowest BCUT2D eigenvalue weighted by atomic mass is 9.92. The number of H-pyrrole nitrogens is 1. The van der Waals surface area contributed by atoms with E-state index in [2.05, 4.69) is 32.4 Å². The summed E-state index contributed by atoms with van der Waals surface area (Å²) < 4.78 is 16.7. The topological polar surface area (TPSA) is 127 Å². The first-order valence-electron chi connectivity index (χ1n) is 15.1. The number of hydrogen-bond donors (Lipinski definition) is 4. The highest BCUT2D eigenvalue weighted by Gasteiger charge is 2.56. The number of nitrogens with zero attached hydrogens (tertiary/aromatic N) is 3. The van der Waals surface area contributed by atoms with Crippen LogP contribution >= 0.6 is 11.6 Å². The summed E-state index contributed by atoms with van der Waals surface area (Å²) in [5.41, 5.74) is 15.5. The lowest BCUT2D eigenvalue weighted by Gasteiger charge is -2.31. The Morgan fingerprint density at radius 1 is 1.26 bits per heavy atom. The molecular formula is C33H39ClFN7O. The summed E-state index contributed by atoms with van der Waals surface area (Å²) in [5, 5.41) is 4.66. The number of hydrogen-bond acceptors (Lipinski definition) is 5. The Labute approximate surface area is 255 Å². The summed E-state index contributed by atoms with van der Waals surface area (Å²) >= 11 is 6.26. The first-order valence-corrected chi connectivity index (χ1v) is 15.5. The summed E-state index contributed by atoms with van der Waals surface area (Å²) in [6.07, 6.45) is 8.70. The van der Waals surface area contributed by atoms with Gasteiger partial charge in [-0.25, -0.2) is 9.18 Å². The third-order valence-electron chi connectivity index (χ3n) is 9.00. The van der Waals surface area contributed by atoms with Crippen molar-refractivity contribution in [1.29, 1.82) is 0 Å². The minimum atomic E-state index is -0.507. The molecule has 0 radical (unpaired) electrons. The molecule has 2 unspecified atom stereocenters. The maximum absolute atomic E-state index is 15.1. The van der Waals surface area contributed by atoms with E-state index in [1.165, 1.54) is 23.0 Å². The second-order valence-corrected chi connectivity index (χ2v) is 12.8. The highest BCUT2D eigenvalue weighted by Crippen LogP contribution is 2.54. The largest absolute Gasteiger partial charge is 0.388 e. The van der Waals surface area contributed by atoms with Crippen molar-refractivity contribution in [3.63, 3.8) is 0 Å². The second kappa shape index (κ2) is 11.9. The molecule has 1 saturated heterocycles. The standard InChI is InChI=1S/C33H39ClFN7O/c1-19(36)4-3-5-21-14-26(30(35)27(34)15-21)29-16-23-18-42(32(43)40-31(23)39-29)25-9-6-22(7-10-25)28-11-8-24-17-33(24,41-28)12-13-38-20(2)37/h6-7,9-10,14-16,18-19,24,28,41H,3-5,8,11-13,17,36H2,1-2H3,(H2,37,38)(H,39,40,43)/t19-,24?,28+,33?/m0/s1. The van der Waals surface area contributed by atoms with E-state index in [0.717, 1.165) is 49.9 Å². The molecule has 1 aliphatic carbocycles. The lowest BCUT2D eigenvalue weighted by molar-refractivity contribution is 0.301. The molecule has 8 nitrogen and oxygen atoms in total. The van der Waals surface area contributed by atoms with E-state index in [4.69, 9.17) is 23.1 Å². The summed E-state index contributed by atoms with van der Waals surface area (Å²) in [6.45, 7) is 4.55. The number of amidine groups is 1. The first-order chi connectivity index (χ1) is 20.6. The highest BCUT2D eigenvalue weighted by atomic mass is 35.5. The quantitative estimate of drug-likeness (QED) is 0.135. The molecule has 4 atom stereocenters. The van der Waals surface area contributed by atoms with Gasteiger partial charge in [0.05, 0.1) is 22.2 Å². The molecule has 2 fully saturated rings. The average molecular weight is 604 g/mol. The van der Waals surface area contributed by atoms with Crippen LogP contribution in [0.5, 0.6) is 0 Å². The Bertz CT molecular complexity index is 1720. The van der Waals surface area contributed by atoms with Gasteiger partial charge in [0.2, 0.25) is 0 Å². The van der Waals surface area contributed by atoms with Crippen molar-refractivity contribution in [2.24, 2.45) is 22.4 Å². The van der Waals surface area contributed by atoms with E-state index >= 15 is 4.39 Å². The minimum Gasteiger partial charge on any atom is -0.388 e. The van der Waals surface area contributed by atoms with Crippen molar-refractivity contribution >= 4 is 28.5 Å². The van der Waals surface area contributed by atoms with Crippen molar-refractivity contribution in [2.75, 3.05) is 6.54 Å². The minimum absolute atomic E-state index is 0.0642. The zero-order valence-electron chi connectivity index (χ0n) is 24.7. The summed E-state index contributed by atoms with van der Waals surface area (Å²) in [7, 11) is 0. The molecule has 1 saturated carbocycles. The van der Waals surface area contributed by atoms with E-state index < -0.39 is 11.5 Å². The predicted molar refractivity (Wildman–Crippen MR) is 171 cm³/mol. The van der Waals surface area contributed by atoms with Crippen molar-refractivity contribution < 1.29 is 4.39 Å². The van der Waals surface area contributed by atoms with E-state index in [9.17, 15) is 4.79 Å². The van der Waals surface area contributed by atoms with Gasteiger partial charge < -0.3 is 21.8 Å². The Hall–Kier alpha value is -3.53. The molecule has 2 aromatic carbocycles. The van der Waals surface area contributed by atoms with Crippen molar-refractivity contribution in [1.82, 2.24) is 19.9 Å². The summed E-state index contributed by atoms with van der Waals surface area (Å²) in [6, 6.07) is 13.7. The number of aliphatic imine (C=N–C) groups is 1. The van der Waals surface area contributed by atoms with E-state index in [1.807, 2.05) is 26.0 Å². The normalized spacial score (nSPS) is 22.5. The van der Waals surface area contributed by atoms with Crippen LogP contribution in [0.15, 0.2) is 58.4 Å². The van der Waals surface area contributed by atoms with Gasteiger partial charge in [0.25, 0.3) is 0 Å². The van der Waals surface area contributed by atoms with E-state index in [1.54, 1.807) is 24.4 Å². The number of fused-ring (bicyclic) bond motifs is 2. The first kappa shape index (κ1) is 29.5. The number of aromatic amines is 1. The molecule has 226 valence electrons. The van der Waals surface area contributed by atoms with Gasteiger partial charge in [-0.1, -0.05) is 23.7 Å². The van der Waals surface area contributed by atoms with Crippen LogP contribution in [0.3, 0.4) is 0 Å². The second-order valence-electron chi connectivity index (χ2n) is 12.4. The lowest BCUT2D eigenvalue weighted by Crippen LogP contribution is -2.40. The Morgan fingerprint density at radius 2 is 2.05 bits per heavy atom. The van der Waals surface area contributed by atoms with Gasteiger partial charge in [0.15, 0.2) is 5.82 Å². The van der Waals surface area contributed by atoms with Crippen LogP contribution in [0, 0.1) is 11.7 Å². The molecule has 10 heteroatoms. The van der Waals surface area contributed by atoms with Crippen LogP contribution in [0.2, 0.25) is 5.02 Å². The molecule has 6 N–H and O–H groups in total. The number of piperidine rings is 1. The average Bonchev–Trinajstić information content (AvgIpc) is 3.54. The van der Waals surface area contributed by atoms with E-state index in [0.29, 0.717) is 34.0 Å². The maximum Gasteiger partial charge on any atom is 0.354 e. The molecule has 6 rings (SSSR count). The van der Waals surface area contributed by atoms with Crippen LogP contribution in [0.1, 0.15) is 69.5 Å². The molecule has 43 heavy (non-hydrogen) atoms. The van der Waals surface area contributed by atoms with Gasteiger partial charge in [-0.3, -0.25) is 9.56 Å². The molecule has 2 aliphatic rings. The monoisotopic (exact) mass is 603 g/mol. The van der Waals surface area contributed by atoms with Gasteiger partial charge in [0.1, 0.15) is 5.65 Å². The number of nitrogens with one attached hydrogen (secondary N) is 2. The number of benzene rings is 2. The zero-order chi connectivity index (χ0) is 30.3. The van der Waals surface area contributed by atoms with Gasteiger partial charge in [-0.2, -0.15) is 4.98 Å². The van der Waals surface area contributed by atoms with Crippen molar-refractivity contribution in [3.05, 3.63) is 81.1 Å². The maximum atomic E-state index is 15.1. The third kappa shape index (κ3) is 6.25. The number of rotatable bonds is 10.